The molecule has 28 heavy (non-hydrogen) atoms. The van der Waals surface area contributed by atoms with Gasteiger partial charge in [-0.2, -0.15) is 0 Å². The predicted octanol–water partition coefficient (Wildman–Crippen LogP) is 3.16. The van der Waals surface area contributed by atoms with Crippen LogP contribution in [0.2, 0.25) is 5.02 Å². The van der Waals surface area contributed by atoms with Crippen molar-refractivity contribution in [2.45, 2.75) is 39.0 Å². The predicted molar refractivity (Wildman–Crippen MR) is 106 cm³/mol. The van der Waals surface area contributed by atoms with Gasteiger partial charge in [-0.3, -0.25) is 14.4 Å². The number of ether oxygens (including phenoxy) is 1. The van der Waals surface area contributed by atoms with Gasteiger partial charge in [-0.1, -0.05) is 54.1 Å². The summed E-state index contributed by atoms with van der Waals surface area (Å²) < 4.78 is 5.23. The van der Waals surface area contributed by atoms with Gasteiger partial charge in [-0.25, -0.2) is 0 Å². The quantitative estimate of drug-likeness (QED) is 0.664. The molecule has 0 bridgehead atoms. The summed E-state index contributed by atoms with van der Waals surface area (Å²) in [6.45, 7) is 3.22. The Morgan fingerprint density at radius 2 is 1.68 bits per heavy atom. The molecule has 0 aromatic heterocycles. The molecule has 0 spiro atoms. The summed E-state index contributed by atoms with van der Waals surface area (Å²) in [5.41, 5.74) is 1.67. The summed E-state index contributed by atoms with van der Waals surface area (Å²) >= 11 is 5.88. The fourth-order valence-electron chi connectivity index (χ4n) is 2.59. The van der Waals surface area contributed by atoms with Crippen LogP contribution >= 0.6 is 11.6 Å². The first-order chi connectivity index (χ1) is 13.3. The SMILES string of the molecule is CC(=O)NC(CC(=O)OC(C)C(=O)NCc1ccccc1)c1ccc(Cl)cc1. The lowest BCUT2D eigenvalue weighted by molar-refractivity contribution is -0.155. The molecule has 0 aliphatic heterocycles. The summed E-state index contributed by atoms with van der Waals surface area (Å²) in [5.74, 6) is -1.25. The van der Waals surface area contributed by atoms with Crippen LogP contribution in [0.5, 0.6) is 0 Å². The summed E-state index contributed by atoms with van der Waals surface area (Å²) in [5, 5.41) is 5.99. The highest BCUT2D eigenvalue weighted by Gasteiger charge is 2.22. The molecule has 2 aromatic rings. The first-order valence-corrected chi connectivity index (χ1v) is 9.26. The van der Waals surface area contributed by atoms with E-state index in [2.05, 4.69) is 10.6 Å². The highest BCUT2D eigenvalue weighted by Crippen LogP contribution is 2.20. The van der Waals surface area contributed by atoms with Gasteiger partial charge in [0.25, 0.3) is 5.91 Å². The van der Waals surface area contributed by atoms with Crippen LogP contribution < -0.4 is 10.6 Å². The third-order valence-electron chi connectivity index (χ3n) is 4.01. The lowest BCUT2D eigenvalue weighted by atomic mass is 10.0. The van der Waals surface area contributed by atoms with Gasteiger partial charge in [0.2, 0.25) is 5.91 Å². The zero-order valence-corrected chi connectivity index (χ0v) is 16.5. The average molecular weight is 403 g/mol. The van der Waals surface area contributed by atoms with Crippen LogP contribution in [0.15, 0.2) is 54.6 Å². The van der Waals surface area contributed by atoms with Crippen LogP contribution in [0, 0.1) is 0 Å². The van der Waals surface area contributed by atoms with Crippen LogP contribution in [0.4, 0.5) is 0 Å². The number of hydrogen-bond acceptors (Lipinski definition) is 4. The zero-order valence-electron chi connectivity index (χ0n) is 15.8. The van der Waals surface area contributed by atoms with E-state index in [1.807, 2.05) is 30.3 Å². The van der Waals surface area contributed by atoms with Crippen molar-refractivity contribution in [1.82, 2.24) is 10.6 Å². The lowest BCUT2D eigenvalue weighted by Gasteiger charge is -2.19. The minimum absolute atomic E-state index is 0.0997. The Balaban J connectivity index is 1.90. The molecule has 0 heterocycles. The highest BCUT2D eigenvalue weighted by atomic mass is 35.5. The smallest absolute Gasteiger partial charge is 0.309 e. The molecular weight excluding hydrogens is 380 g/mol. The number of carbonyl (C=O) groups is 3. The van der Waals surface area contributed by atoms with E-state index in [-0.39, 0.29) is 18.2 Å². The third kappa shape index (κ3) is 7.04. The number of esters is 1. The Morgan fingerprint density at radius 1 is 1.04 bits per heavy atom. The second kappa shape index (κ2) is 10.5. The minimum Gasteiger partial charge on any atom is -0.452 e. The molecule has 7 heteroatoms. The van der Waals surface area contributed by atoms with E-state index in [1.54, 1.807) is 24.3 Å². The molecule has 2 rings (SSSR count). The van der Waals surface area contributed by atoms with Gasteiger partial charge in [-0.15, -0.1) is 0 Å². The van der Waals surface area contributed by atoms with Crippen LogP contribution in [-0.4, -0.2) is 23.9 Å². The molecule has 2 N–H and O–H groups in total. The van der Waals surface area contributed by atoms with E-state index < -0.39 is 18.1 Å². The first-order valence-electron chi connectivity index (χ1n) is 8.89. The van der Waals surface area contributed by atoms with E-state index in [0.717, 1.165) is 11.1 Å². The molecule has 2 amide bonds. The van der Waals surface area contributed by atoms with Gasteiger partial charge in [0.05, 0.1) is 12.5 Å². The van der Waals surface area contributed by atoms with Gasteiger partial charge < -0.3 is 15.4 Å². The van der Waals surface area contributed by atoms with Gasteiger partial charge in [-0.05, 0) is 30.2 Å². The van der Waals surface area contributed by atoms with Crippen molar-refractivity contribution in [2.75, 3.05) is 0 Å². The molecular formula is C21H23ClN2O4. The van der Waals surface area contributed by atoms with Crippen LogP contribution in [-0.2, 0) is 25.7 Å². The van der Waals surface area contributed by atoms with Crippen molar-refractivity contribution < 1.29 is 19.1 Å². The average Bonchev–Trinajstić information content (AvgIpc) is 2.66. The summed E-state index contributed by atoms with van der Waals surface area (Å²) in [4.78, 5) is 35.9. The minimum atomic E-state index is -0.945. The molecule has 0 aliphatic rings. The number of hydrogen-bond donors (Lipinski definition) is 2. The molecule has 0 aliphatic carbocycles. The Kier molecular flexibility index (Phi) is 8.02. The number of halogens is 1. The van der Waals surface area contributed by atoms with Crippen LogP contribution in [0.25, 0.3) is 0 Å². The number of rotatable bonds is 8. The van der Waals surface area contributed by atoms with Gasteiger partial charge in [0, 0.05) is 18.5 Å². The van der Waals surface area contributed by atoms with Crippen molar-refractivity contribution in [3.8, 4) is 0 Å². The van der Waals surface area contributed by atoms with Crippen molar-refractivity contribution >= 4 is 29.4 Å². The van der Waals surface area contributed by atoms with Crippen molar-refractivity contribution in [3.05, 3.63) is 70.7 Å². The zero-order chi connectivity index (χ0) is 20.5. The molecule has 2 unspecified atom stereocenters. The molecule has 148 valence electrons. The highest BCUT2D eigenvalue weighted by molar-refractivity contribution is 6.30. The van der Waals surface area contributed by atoms with E-state index in [9.17, 15) is 14.4 Å². The third-order valence-corrected chi connectivity index (χ3v) is 4.26. The molecule has 6 nitrogen and oxygen atoms in total. The second-order valence-electron chi connectivity index (χ2n) is 6.34. The van der Waals surface area contributed by atoms with Crippen molar-refractivity contribution in [3.63, 3.8) is 0 Å². The number of nitrogens with one attached hydrogen (secondary N) is 2. The largest absolute Gasteiger partial charge is 0.452 e. The van der Waals surface area contributed by atoms with Crippen LogP contribution in [0.3, 0.4) is 0 Å². The van der Waals surface area contributed by atoms with Crippen molar-refractivity contribution in [2.24, 2.45) is 0 Å². The molecule has 0 radical (unpaired) electrons. The summed E-state index contributed by atoms with van der Waals surface area (Å²) in [6, 6.07) is 15.7. The van der Waals surface area contributed by atoms with Crippen molar-refractivity contribution in [1.29, 1.82) is 0 Å². The standard InChI is InChI=1S/C21H23ClN2O4/c1-14(21(27)23-13-16-6-4-3-5-7-16)28-20(26)12-19(24-15(2)25)17-8-10-18(22)11-9-17/h3-11,14,19H,12-13H2,1-2H3,(H,23,27)(H,24,25). The van der Waals surface area contributed by atoms with E-state index in [0.29, 0.717) is 11.6 Å². The number of carbonyl (C=O) groups excluding carboxylic acids is 3. The normalized spacial score (nSPS) is 12.5. The Labute approximate surface area is 169 Å². The Morgan fingerprint density at radius 3 is 2.29 bits per heavy atom. The topological polar surface area (TPSA) is 84.5 Å². The fraction of sp³-hybridized carbons (Fsp3) is 0.286. The first kappa shape index (κ1) is 21.4. The molecule has 2 aromatic carbocycles. The summed E-state index contributed by atoms with van der Waals surface area (Å²) in [7, 11) is 0. The fourth-order valence-corrected chi connectivity index (χ4v) is 2.71. The summed E-state index contributed by atoms with van der Waals surface area (Å²) in [6.07, 6.45) is -1.04. The monoisotopic (exact) mass is 402 g/mol. The van der Waals surface area contributed by atoms with Gasteiger partial charge in [0.1, 0.15) is 0 Å². The van der Waals surface area contributed by atoms with E-state index in [4.69, 9.17) is 16.3 Å². The van der Waals surface area contributed by atoms with Gasteiger partial charge in [0.15, 0.2) is 6.10 Å². The molecule has 2 atom stereocenters. The molecule has 0 saturated carbocycles. The maximum atomic E-state index is 12.3. The lowest BCUT2D eigenvalue weighted by Crippen LogP contribution is -2.36. The number of benzene rings is 2. The van der Waals surface area contributed by atoms with Crippen LogP contribution in [0.1, 0.15) is 37.4 Å². The molecule has 0 fully saturated rings. The van der Waals surface area contributed by atoms with E-state index >= 15 is 0 Å². The Hall–Kier alpha value is -2.86. The maximum Gasteiger partial charge on any atom is 0.309 e. The molecule has 0 saturated heterocycles. The number of amides is 2. The Bertz CT molecular complexity index is 809. The van der Waals surface area contributed by atoms with E-state index in [1.165, 1.54) is 13.8 Å². The maximum absolute atomic E-state index is 12.3. The van der Waals surface area contributed by atoms with Gasteiger partial charge >= 0.3 is 5.97 Å². The second-order valence-corrected chi connectivity index (χ2v) is 6.78.